The van der Waals surface area contributed by atoms with Crippen molar-refractivity contribution in [2.45, 2.75) is 51.3 Å². The van der Waals surface area contributed by atoms with Gasteiger partial charge in [-0.05, 0) is 40.2 Å². The second-order valence-electron chi connectivity index (χ2n) is 5.41. The molecule has 0 bridgehead atoms. The van der Waals surface area contributed by atoms with Crippen LogP contribution in [0.5, 0.6) is 0 Å². The molecular formula is C12H24N2O3. The second kappa shape index (κ2) is 6.21. The molecule has 100 valence electrons. The van der Waals surface area contributed by atoms with Crippen LogP contribution in [0.4, 0.5) is 4.79 Å². The van der Waals surface area contributed by atoms with Crippen LogP contribution in [0.3, 0.4) is 0 Å². The van der Waals surface area contributed by atoms with Gasteiger partial charge in [0.25, 0.3) is 0 Å². The first-order valence-corrected chi connectivity index (χ1v) is 6.14. The number of rotatable bonds is 3. The largest absolute Gasteiger partial charge is 0.444 e. The molecule has 2 unspecified atom stereocenters. The number of hydrogen-bond donors (Lipinski definition) is 2. The predicted molar refractivity (Wildman–Crippen MR) is 66.1 cm³/mol. The lowest BCUT2D eigenvalue weighted by Crippen LogP contribution is -2.56. The van der Waals surface area contributed by atoms with Crippen molar-refractivity contribution in [2.75, 3.05) is 20.3 Å². The SMILES string of the molecule is COCC1NCCCC1NC(=O)OC(C)(C)C. The van der Waals surface area contributed by atoms with E-state index in [-0.39, 0.29) is 18.2 Å². The summed E-state index contributed by atoms with van der Waals surface area (Å²) in [4.78, 5) is 11.7. The van der Waals surface area contributed by atoms with Gasteiger partial charge in [0, 0.05) is 13.2 Å². The number of nitrogens with one attached hydrogen (secondary N) is 2. The smallest absolute Gasteiger partial charge is 0.407 e. The predicted octanol–water partition coefficient (Wildman–Crippen LogP) is 1.28. The van der Waals surface area contributed by atoms with Crippen LogP contribution in [0.15, 0.2) is 0 Å². The van der Waals surface area contributed by atoms with Crippen LogP contribution in [0.25, 0.3) is 0 Å². The zero-order chi connectivity index (χ0) is 12.9. The second-order valence-corrected chi connectivity index (χ2v) is 5.41. The number of hydrogen-bond acceptors (Lipinski definition) is 4. The van der Waals surface area contributed by atoms with Gasteiger partial charge in [0.15, 0.2) is 0 Å². The van der Waals surface area contributed by atoms with Crippen LogP contribution in [-0.2, 0) is 9.47 Å². The molecule has 2 atom stereocenters. The highest BCUT2D eigenvalue weighted by Crippen LogP contribution is 2.11. The number of piperidine rings is 1. The fourth-order valence-electron chi connectivity index (χ4n) is 1.94. The highest BCUT2D eigenvalue weighted by molar-refractivity contribution is 5.68. The van der Waals surface area contributed by atoms with Crippen LogP contribution in [0, 0.1) is 0 Å². The monoisotopic (exact) mass is 244 g/mol. The van der Waals surface area contributed by atoms with Gasteiger partial charge in [-0.15, -0.1) is 0 Å². The normalized spacial score (nSPS) is 25.4. The Kier molecular flexibility index (Phi) is 5.21. The quantitative estimate of drug-likeness (QED) is 0.785. The molecule has 1 heterocycles. The van der Waals surface area contributed by atoms with Crippen molar-refractivity contribution in [3.63, 3.8) is 0 Å². The van der Waals surface area contributed by atoms with Gasteiger partial charge in [0.05, 0.1) is 12.6 Å². The molecule has 1 aliphatic rings. The molecule has 0 saturated carbocycles. The van der Waals surface area contributed by atoms with Crippen LogP contribution in [0.1, 0.15) is 33.6 Å². The van der Waals surface area contributed by atoms with Gasteiger partial charge in [-0.2, -0.15) is 0 Å². The lowest BCUT2D eigenvalue weighted by Gasteiger charge is -2.33. The fourth-order valence-corrected chi connectivity index (χ4v) is 1.94. The van der Waals surface area contributed by atoms with Crippen molar-refractivity contribution in [3.8, 4) is 0 Å². The summed E-state index contributed by atoms with van der Waals surface area (Å²) >= 11 is 0. The summed E-state index contributed by atoms with van der Waals surface area (Å²) in [5, 5.41) is 6.25. The number of amides is 1. The van der Waals surface area contributed by atoms with Crippen LogP contribution in [0.2, 0.25) is 0 Å². The third-order valence-corrected chi connectivity index (χ3v) is 2.63. The third kappa shape index (κ3) is 5.37. The summed E-state index contributed by atoms with van der Waals surface area (Å²) in [6, 6.07) is 0.250. The Morgan fingerprint density at radius 1 is 1.47 bits per heavy atom. The molecule has 5 heteroatoms. The van der Waals surface area contributed by atoms with Crippen LogP contribution >= 0.6 is 0 Å². The molecule has 1 amide bonds. The number of ether oxygens (including phenoxy) is 2. The Labute approximate surface area is 103 Å². The molecular weight excluding hydrogens is 220 g/mol. The van der Waals surface area contributed by atoms with E-state index in [4.69, 9.17) is 9.47 Å². The van der Waals surface area contributed by atoms with Crippen molar-refractivity contribution < 1.29 is 14.3 Å². The average Bonchev–Trinajstić information content (AvgIpc) is 2.18. The van der Waals surface area contributed by atoms with E-state index in [0.717, 1.165) is 19.4 Å². The Bertz CT molecular complexity index is 249. The Balaban J connectivity index is 2.44. The first-order chi connectivity index (χ1) is 7.92. The molecule has 1 fully saturated rings. The van der Waals surface area contributed by atoms with E-state index in [0.29, 0.717) is 6.61 Å². The minimum Gasteiger partial charge on any atom is -0.444 e. The highest BCUT2D eigenvalue weighted by Gasteiger charge is 2.27. The number of methoxy groups -OCH3 is 1. The van der Waals surface area contributed by atoms with E-state index in [1.807, 2.05) is 20.8 Å². The highest BCUT2D eigenvalue weighted by atomic mass is 16.6. The molecule has 0 spiro atoms. The molecule has 0 aromatic carbocycles. The van der Waals surface area contributed by atoms with Crippen molar-refractivity contribution in [1.82, 2.24) is 10.6 Å². The fraction of sp³-hybridized carbons (Fsp3) is 0.917. The summed E-state index contributed by atoms with van der Waals surface area (Å²) in [6.07, 6.45) is 1.66. The summed E-state index contributed by atoms with van der Waals surface area (Å²) in [7, 11) is 1.67. The first kappa shape index (κ1) is 14.3. The lowest BCUT2D eigenvalue weighted by atomic mass is 9.99. The molecule has 1 saturated heterocycles. The van der Waals surface area contributed by atoms with Crippen molar-refractivity contribution in [3.05, 3.63) is 0 Å². The van der Waals surface area contributed by atoms with Gasteiger partial charge in [-0.3, -0.25) is 0 Å². The molecule has 1 aliphatic heterocycles. The first-order valence-electron chi connectivity index (χ1n) is 6.14. The van der Waals surface area contributed by atoms with Crippen LogP contribution < -0.4 is 10.6 Å². The van der Waals surface area contributed by atoms with E-state index in [2.05, 4.69) is 10.6 Å². The molecule has 2 N–H and O–H groups in total. The van der Waals surface area contributed by atoms with Gasteiger partial charge < -0.3 is 20.1 Å². The zero-order valence-corrected chi connectivity index (χ0v) is 11.2. The molecule has 0 radical (unpaired) electrons. The standard InChI is InChI=1S/C12H24N2O3/c1-12(2,3)17-11(15)14-9-6-5-7-13-10(9)8-16-4/h9-10,13H,5-8H2,1-4H3,(H,14,15). The van der Waals surface area contributed by atoms with Gasteiger partial charge >= 0.3 is 6.09 Å². The van der Waals surface area contributed by atoms with Crippen LogP contribution in [-0.4, -0.2) is 44.0 Å². The molecule has 0 aliphatic carbocycles. The minimum absolute atomic E-state index is 0.0820. The van der Waals surface area contributed by atoms with Crippen molar-refractivity contribution in [2.24, 2.45) is 0 Å². The Hall–Kier alpha value is -0.810. The maximum absolute atomic E-state index is 11.7. The van der Waals surface area contributed by atoms with E-state index < -0.39 is 5.60 Å². The summed E-state index contributed by atoms with van der Waals surface area (Å²) in [6.45, 7) is 7.15. The van der Waals surface area contributed by atoms with Gasteiger partial charge in [-0.1, -0.05) is 0 Å². The Morgan fingerprint density at radius 2 is 2.18 bits per heavy atom. The zero-order valence-electron chi connectivity index (χ0n) is 11.2. The number of carbonyl (C=O) groups is 1. The molecule has 0 aromatic heterocycles. The number of carbonyl (C=O) groups excluding carboxylic acids is 1. The van der Waals surface area contributed by atoms with E-state index in [9.17, 15) is 4.79 Å². The Morgan fingerprint density at radius 3 is 2.76 bits per heavy atom. The molecule has 0 aromatic rings. The van der Waals surface area contributed by atoms with E-state index in [1.54, 1.807) is 7.11 Å². The van der Waals surface area contributed by atoms with Gasteiger partial charge in [0.1, 0.15) is 5.60 Å². The average molecular weight is 244 g/mol. The molecule has 5 nitrogen and oxygen atoms in total. The minimum atomic E-state index is -0.455. The molecule has 17 heavy (non-hydrogen) atoms. The lowest BCUT2D eigenvalue weighted by molar-refractivity contribution is 0.0457. The van der Waals surface area contributed by atoms with Gasteiger partial charge in [-0.25, -0.2) is 4.79 Å². The topological polar surface area (TPSA) is 59.6 Å². The van der Waals surface area contributed by atoms with Crippen molar-refractivity contribution >= 4 is 6.09 Å². The maximum atomic E-state index is 11.7. The van der Waals surface area contributed by atoms with E-state index >= 15 is 0 Å². The molecule has 1 rings (SSSR count). The van der Waals surface area contributed by atoms with E-state index in [1.165, 1.54) is 0 Å². The summed E-state index contributed by atoms with van der Waals surface area (Å²) in [5.74, 6) is 0. The van der Waals surface area contributed by atoms with Gasteiger partial charge in [0.2, 0.25) is 0 Å². The number of alkyl carbamates (subject to hydrolysis) is 1. The summed E-state index contributed by atoms with van der Waals surface area (Å²) < 4.78 is 10.4. The third-order valence-electron chi connectivity index (χ3n) is 2.63. The maximum Gasteiger partial charge on any atom is 0.407 e. The van der Waals surface area contributed by atoms with Crippen molar-refractivity contribution in [1.29, 1.82) is 0 Å². The summed E-state index contributed by atoms with van der Waals surface area (Å²) in [5.41, 5.74) is -0.455.